The van der Waals surface area contributed by atoms with Gasteiger partial charge in [0.15, 0.2) is 0 Å². The summed E-state index contributed by atoms with van der Waals surface area (Å²) < 4.78 is 5.69. The average molecular weight is 794 g/mol. The highest BCUT2D eigenvalue weighted by Crippen LogP contribution is 2.49. The molecule has 0 atom stereocenters. The Balaban J connectivity index is 1.07. The molecule has 9 rings (SSSR count). The number of benzene rings is 9. The van der Waals surface area contributed by atoms with Crippen molar-refractivity contribution in [2.24, 2.45) is 4.74 Å². The Morgan fingerprint density at radius 1 is 0.300 bits per heavy atom. The fourth-order valence-electron chi connectivity index (χ4n) is 7.82. The highest BCUT2D eigenvalue weighted by molar-refractivity contribution is 7.87. The maximum atomic E-state index is 6.14. The number of nitrogen functional groups attached to an aromatic ring is 3. The van der Waals surface area contributed by atoms with Crippen molar-refractivity contribution < 1.29 is 0 Å². The number of hydrogen-bond acceptors (Lipinski definition) is 5. The van der Waals surface area contributed by atoms with E-state index in [4.69, 9.17) is 21.9 Å². The van der Waals surface area contributed by atoms with Crippen molar-refractivity contribution in [3.05, 3.63) is 231 Å². The topological polar surface area (TPSA) is 93.7 Å². The van der Waals surface area contributed by atoms with E-state index in [0.717, 1.165) is 61.8 Å². The lowest BCUT2D eigenvalue weighted by Crippen LogP contribution is -2.25. The minimum absolute atomic E-state index is 0.641. The van der Waals surface area contributed by atoms with Gasteiger partial charge in [0.1, 0.15) is 0 Å². The SMILES string of the molecule is Nc1ccc(-c2ccc(N(c3ccc(-c4ccc(N=P(c5ccccc5)(c5ccccc5)c5ccccc5)cc4)cc3)c3ccc(-c4cc(N)cc(N)c4)cc3)cc2)cc1. The molecule has 290 valence electrons. The van der Waals surface area contributed by atoms with E-state index in [1.807, 2.05) is 24.3 Å². The summed E-state index contributed by atoms with van der Waals surface area (Å²) in [7, 11) is -2.38. The first-order valence-electron chi connectivity index (χ1n) is 20.0. The van der Waals surface area contributed by atoms with E-state index in [0.29, 0.717) is 11.4 Å². The average Bonchev–Trinajstić information content (AvgIpc) is 3.30. The van der Waals surface area contributed by atoms with E-state index in [1.54, 1.807) is 6.07 Å². The normalized spacial score (nSPS) is 11.2. The van der Waals surface area contributed by atoms with Crippen molar-refractivity contribution in [3.8, 4) is 33.4 Å². The van der Waals surface area contributed by atoms with Crippen LogP contribution in [0.3, 0.4) is 0 Å². The summed E-state index contributed by atoms with van der Waals surface area (Å²) in [5.74, 6) is 0. The zero-order chi connectivity index (χ0) is 40.9. The van der Waals surface area contributed by atoms with Crippen LogP contribution in [0.5, 0.6) is 0 Å². The quantitative estimate of drug-likeness (QED) is 0.0949. The third-order valence-electron chi connectivity index (χ3n) is 10.8. The van der Waals surface area contributed by atoms with Gasteiger partial charge in [0.05, 0.1) is 12.7 Å². The van der Waals surface area contributed by atoms with Crippen LogP contribution in [0.2, 0.25) is 0 Å². The Labute approximate surface area is 352 Å². The largest absolute Gasteiger partial charge is 0.399 e. The Hall–Kier alpha value is -7.59. The van der Waals surface area contributed by atoms with Crippen LogP contribution in [-0.4, -0.2) is 0 Å². The summed E-state index contributed by atoms with van der Waals surface area (Å²) in [5, 5.41) is 3.65. The summed E-state index contributed by atoms with van der Waals surface area (Å²) in [6, 6.07) is 80.4. The molecule has 0 unspecified atom stereocenters. The zero-order valence-corrected chi connectivity index (χ0v) is 33.9. The summed E-state index contributed by atoms with van der Waals surface area (Å²) in [4.78, 5) is 2.27. The lowest BCUT2D eigenvalue weighted by Gasteiger charge is -2.27. The maximum absolute atomic E-state index is 6.14. The molecule has 0 amide bonds. The number of nitrogens with two attached hydrogens (primary N) is 3. The molecule has 0 saturated heterocycles. The number of anilines is 6. The fraction of sp³-hybridized carbons (Fsp3) is 0. The van der Waals surface area contributed by atoms with Crippen LogP contribution in [0, 0.1) is 0 Å². The van der Waals surface area contributed by atoms with Crippen molar-refractivity contribution in [3.63, 3.8) is 0 Å². The van der Waals surface area contributed by atoms with Crippen molar-refractivity contribution >= 4 is 62.8 Å². The molecule has 0 fully saturated rings. The zero-order valence-electron chi connectivity index (χ0n) is 33.0. The molecule has 60 heavy (non-hydrogen) atoms. The molecule has 9 aromatic rings. The Morgan fingerprint density at radius 2 is 0.617 bits per heavy atom. The second kappa shape index (κ2) is 16.7. The summed E-state index contributed by atoms with van der Waals surface area (Å²) >= 11 is 0. The van der Waals surface area contributed by atoms with Gasteiger partial charge in [-0.25, -0.2) is 0 Å². The smallest absolute Gasteiger partial charge is 0.0625 e. The lowest BCUT2D eigenvalue weighted by molar-refractivity contribution is 1.28. The minimum Gasteiger partial charge on any atom is -0.399 e. The number of hydrogen-bond donors (Lipinski definition) is 3. The standard InChI is InChI=1S/C54H44N5P/c55-45-26-16-39(17-27-45)41-20-30-49(31-21-41)59(51-34-24-43(25-35-51)44-36-46(56)38-47(57)37-44)50-32-22-42(23-33-50)40-18-28-48(29-19-40)58-60(52-10-4-1-5-11-52,53-12-6-2-7-13-53)54-14-8-3-9-15-54/h1-38H,55-57H2. The summed E-state index contributed by atoms with van der Waals surface area (Å²) in [6.45, 7) is 0. The molecule has 0 aliphatic carbocycles. The molecule has 0 aliphatic rings. The van der Waals surface area contributed by atoms with Gasteiger partial charge in [-0.05, 0) is 112 Å². The molecule has 9 aromatic carbocycles. The van der Waals surface area contributed by atoms with Crippen LogP contribution in [0.15, 0.2) is 235 Å². The Morgan fingerprint density at radius 3 is 0.983 bits per heavy atom. The first kappa shape index (κ1) is 38.0. The van der Waals surface area contributed by atoms with Crippen LogP contribution >= 0.6 is 7.05 Å². The minimum atomic E-state index is -2.38. The van der Waals surface area contributed by atoms with Gasteiger partial charge in [0.2, 0.25) is 0 Å². The fourth-order valence-corrected chi connectivity index (χ4v) is 11.4. The van der Waals surface area contributed by atoms with E-state index in [9.17, 15) is 0 Å². The molecule has 5 nitrogen and oxygen atoms in total. The third kappa shape index (κ3) is 7.82. The highest BCUT2D eigenvalue weighted by Gasteiger charge is 2.27. The van der Waals surface area contributed by atoms with Crippen molar-refractivity contribution in [2.45, 2.75) is 0 Å². The molecule has 6 heteroatoms. The molecular weight excluding hydrogens is 750 g/mol. The van der Waals surface area contributed by atoms with Gasteiger partial charge in [-0.2, -0.15) is 0 Å². The molecular formula is C54H44N5P. The Bertz CT molecular complexity index is 2770. The van der Waals surface area contributed by atoms with E-state index in [2.05, 4.69) is 205 Å². The van der Waals surface area contributed by atoms with Crippen LogP contribution in [0.25, 0.3) is 33.4 Å². The predicted molar refractivity (Wildman–Crippen MR) is 258 cm³/mol. The number of nitrogens with zero attached hydrogens (tertiary/aromatic N) is 2. The molecule has 0 aromatic heterocycles. The first-order chi connectivity index (χ1) is 29.4. The van der Waals surface area contributed by atoms with E-state index in [-0.39, 0.29) is 0 Å². The highest BCUT2D eigenvalue weighted by atomic mass is 31.2. The van der Waals surface area contributed by atoms with Crippen molar-refractivity contribution in [1.82, 2.24) is 0 Å². The van der Waals surface area contributed by atoms with Crippen LogP contribution in [-0.2, 0) is 0 Å². The van der Waals surface area contributed by atoms with Gasteiger partial charge in [-0.15, -0.1) is 0 Å². The molecule has 0 saturated carbocycles. The number of rotatable bonds is 10. The second-order valence-electron chi connectivity index (χ2n) is 14.8. The van der Waals surface area contributed by atoms with Gasteiger partial charge in [0, 0.05) is 50.0 Å². The molecule has 0 heterocycles. The summed E-state index contributed by atoms with van der Waals surface area (Å²) in [6.07, 6.45) is 0. The third-order valence-corrected chi connectivity index (χ3v) is 14.5. The molecule has 0 aliphatic heterocycles. The predicted octanol–water partition coefficient (Wildman–Crippen LogP) is 12.7. The van der Waals surface area contributed by atoms with Gasteiger partial charge < -0.3 is 22.1 Å². The van der Waals surface area contributed by atoms with Crippen LogP contribution in [0.1, 0.15) is 0 Å². The van der Waals surface area contributed by atoms with Gasteiger partial charge in [-0.1, -0.05) is 152 Å². The van der Waals surface area contributed by atoms with Crippen molar-refractivity contribution in [1.29, 1.82) is 0 Å². The lowest BCUT2D eigenvalue weighted by atomic mass is 10.0. The molecule has 0 spiro atoms. The molecule has 0 bridgehead atoms. The van der Waals surface area contributed by atoms with Crippen molar-refractivity contribution in [2.75, 3.05) is 22.1 Å². The van der Waals surface area contributed by atoms with Gasteiger partial charge >= 0.3 is 0 Å². The second-order valence-corrected chi connectivity index (χ2v) is 17.8. The maximum Gasteiger partial charge on any atom is 0.0625 e. The first-order valence-corrected chi connectivity index (χ1v) is 21.7. The molecule has 0 radical (unpaired) electrons. The van der Waals surface area contributed by atoms with Crippen LogP contribution < -0.4 is 38.0 Å². The van der Waals surface area contributed by atoms with E-state index in [1.165, 1.54) is 15.9 Å². The van der Waals surface area contributed by atoms with Gasteiger partial charge in [-0.3, -0.25) is 4.74 Å². The molecule has 6 N–H and O–H groups in total. The Kier molecular flexibility index (Phi) is 10.6. The van der Waals surface area contributed by atoms with Crippen LogP contribution in [0.4, 0.5) is 39.8 Å². The van der Waals surface area contributed by atoms with E-state index < -0.39 is 7.05 Å². The monoisotopic (exact) mass is 793 g/mol. The van der Waals surface area contributed by atoms with Gasteiger partial charge in [0.25, 0.3) is 0 Å². The summed E-state index contributed by atoms with van der Waals surface area (Å²) in [5.41, 5.74) is 30.8. The van der Waals surface area contributed by atoms with E-state index >= 15 is 0 Å².